The van der Waals surface area contributed by atoms with Crippen molar-refractivity contribution in [2.24, 2.45) is 17.8 Å². The Balaban J connectivity index is 1.69. The van der Waals surface area contributed by atoms with Gasteiger partial charge >= 0.3 is 18.2 Å². The van der Waals surface area contributed by atoms with E-state index in [1.165, 1.54) is 0 Å². The number of piperidine rings is 2. The van der Waals surface area contributed by atoms with E-state index >= 15 is 0 Å². The van der Waals surface area contributed by atoms with Gasteiger partial charge in [0.05, 0.1) is 0 Å². The molecular formula is C26H45FN2O5. The van der Waals surface area contributed by atoms with Crippen LogP contribution in [-0.4, -0.2) is 65.4 Å². The maximum absolute atomic E-state index is 13.7. The zero-order valence-corrected chi connectivity index (χ0v) is 22.0. The number of hydrogen-bond donors (Lipinski definition) is 0. The molecule has 196 valence electrons. The monoisotopic (exact) mass is 484 g/mol. The van der Waals surface area contributed by atoms with E-state index in [1.54, 1.807) is 9.80 Å². The van der Waals surface area contributed by atoms with Crippen molar-refractivity contribution < 1.29 is 28.2 Å². The van der Waals surface area contributed by atoms with Crippen LogP contribution >= 0.6 is 0 Å². The topological polar surface area (TPSA) is 76.2 Å². The number of halogens is 1. The standard InChI is InChI=1S/C26H45FN2O5/c1-25(2,3)33-23(31)28-15-11-19(12-16-28)7-9-21(22(27)30)10-8-20-13-17-29(18-14-20)24(32)34-26(4,5)6/h19-21H,7-18H2,1-6H3. The number of nitrogens with zero attached hydrogens (tertiary/aromatic N) is 2. The Labute approximate surface area is 204 Å². The SMILES string of the molecule is CC(C)(C)OC(=O)N1CCC(CCC(CCC2CCN(C(=O)OC(C)(C)C)CC2)C(=O)F)CC1. The summed E-state index contributed by atoms with van der Waals surface area (Å²) in [5, 5.41) is 0. The van der Waals surface area contributed by atoms with Gasteiger partial charge in [-0.2, -0.15) is 4.39 Å². The van der Waals surface area contributed by atoms with Crippen molar-refractivity contribution >= 4 is 18.2 Å². The number of amides is 2. The molecule has 2 fully saturated rings. The second-order valence-corrected chi connectivity index (χ2v) is 12.0. The summed E-state index contributed by atoms with van der Waals surface area (Å²) >= 11 is 0. The highest BCUT2D eigenvalue weighted by Crippen LogP contribution is 2.30. The largest absolute Gasteiger partial charge is 0.444 e. The molecule has 2 saturated heterocycles. The van der Waals surface area contributed by atoms with Crippen LogP contribution in [0.4, 0.5) is 14.0 Å². The van der Waals surface area contributed by atoms with Gasteiger partial charge in [0.25, 0.3) is 0 Å². The molecule has 0 atom stereocenters. The van der Waals surface area contributed by atoms with Gasteiger partial charge in [-0.15, -0.1) is 0 Å². The lowest BCUT2D eigenvalue weighted by atomic mass is 9.84. The van der Waals surface area contributed by atoms with Crippen LogP contribution in [0.3, 0.4) is 0 Å². The smallest absolute Gasteiger partial charge is 0.410 e. The van der Waals surface area contributed by atoms with Crippen molar-refractivity contribution in [1.29, 1.82) is 0 Å². The molecular weight excluding hydrogens is 439 g/mol. The molecule has 7 nitrogen and oxygen atoms in total. The molecule has 2 aliphatic heterocycles. The zero-order valence-electron chi connectivity index (χ0n) is 22.0. The Kier molecular flexibility index (Phi) is 10.2. The maximum atomic E-state index is 13.7. The molecule has 0 N–H and O–H groups in total. The minimum Gasteiger partial charge on any atom is -0.444 e. The molecule has 2 aliphatic rings. The van der Waals surface area contributed by atoms with Crippen LogP contribution in [0.2, 0.25) is 0 Å². The van der Waals surface area contributed by atoms with Crippen molar-refractivity contribution in [3.63, 3.8) is 0 Å². The van der Waals surface area contributed by atoms with E-state index in [1.807, 2.05) is 41.5 Å². The second-order valence-electron chi connectivity index (χ2n) is 12.0. The summed E-state index contributed by atoms with van der Waals surface area (Å²) in [5.74, 6) is 0.253. The molecule has 0 saturated carbocycles. The van der Waals surface area contributed by atoms with Crippen LogP contribution in [0.1, 0.15) is 92.9 Å². The summed E-state index contributed by atoms with van der Waals surface area (Å²) in [6, 6.07) is -1.21. The number of likely N-dealkylation sites (tertiary alicyclic amines) is 2. The van der Waals surface area contributed by atoms with Gasteiger partial charge in [-0.05, 0) is 105 Å². The molecule has 0 unspecified atom stereocenters. The first-order valence-electron chi connectivity index (χ1n) is 12.9. The number of carbonyl (C=O) groups is 3. The molecule has 0 aromatic heterocycles. The van der Waals surface area contributed by atoms with Crippen LogP contribution in [-0.2, 0) is 14.3 Å². The highest BCUT2D eigenvalue weighted by molar-refractivity contribution is 5.71. The minimum atomic E-state index is -1.21. The van der Waals surface area contributed by atoms with Crippen LogP contribution in [0, 0.1) is 17.8 Å². The summed E-state index contributed by atoms with van der Waals surface area (Å²) in [4.78, 5) is 39.5. The first kappa shape index (κ1) is 28.4. The van der Waals surface area contributed by atoms with Gasteiger partial charge in [-0.25, -0.2) is 9.59 Å². The molecule has 8 heteroatoms. The van der Waals surface area contributed by atoms with Crippen molar-refractivity contribution in [3.8, 4) is 0 Å². The van der Waals surface area contributed by atoms with Gasteiger partial charge in [0, 0.05) is 32.1 Å². The predicted molar refractivity (Wildman–Crippen MR) is 129 cm³/mol. The number of carbonyl (C=O) groups excluding carboxylic acids is 3. The number of hydrogen-bond acceptors (Lipinski definition) is 5. The van der Waals surface area contributed by atoms with E-state index in [9.17, 15) is 18.8 Å². The molecule has 2 amide bonds. The van der Waals surface area contributed by atoms with Crippen molar-refractivity contribution in [1.82, 2.24) is 9.80 Å². The summed E-state index contributed by atoms with van der Waals surface area (Å²) < 4.78 is 24.6. The van der Waals surface area contributed by atoms with Crippen LogP contribution in [0.25, 0.3) is 0 Å². The van der Waals surface area contributed by atoms with E-state index in [2.05, 4.69) is 0 Å². The van der Waals surface area contributed by atoms with Crippen LogP contribution < -0.4 is 0 Å². The first-order chi connectivity index (χ1) is 15.7. The molecule has 0 spiro atoms. The van der Waals surface area contributed by atoms with Crippen LogP contribution in [0.5, 0.6) is 0 Å². The molecule has 2 heterocycles. The van der Waals surface area contributed by atoms with E-state index in [4.69, 9.17) is 9.47 Å². The van der Waals surface area contributed by atoms with E-state index in [-0.39, 0.29) is 12.2 Å². The normalized spacial score (nSPS) is 18.8. The van der Waals surface area contributed by atoms with Gasteiger partial charge in [-0.1, -0.05) is 0 Å². The lowest BCUT2D eigenvalue weighted by Gasteiger charge is -2.34. The molecule has 0 aromatic rings. The van der Waals surface area contributed by atoms with Crippen molar-refractivity contribution in [3.05, 3.63) is 0 Å². The average molecular weight is 485 g/mol. The fraction of sp³-hybridized carbons (Fsp3) is 0.885. The van der Waals surface area contributed by atoms with Crippen molar-refractivity contribution in [2.75, 3.05) is 26.2 Å². The molecule has 34 heavy (non-hydrogen) atoms. The van der Waals surface area contributed by atoms with Gasteiger partial charge in [0.15, 0.2) is 0 Å². The third kappa shape index (κ3) is 10.2. The lowest BCUT2D eigenvalue weighted by Crippen LogP contribution is -2.42. The molecule has 2 rings (SSSR count). The molecule has 0 radical (unpaired) electrons. The Hall–Kier alpha value is -1.86. The fourth-order valence-electron chi connectivity index (χ4n) is 4.71. The van der Waals surface area contributed by atoms with Gasteiger partial charge in [0.2, 0.25) is 0 Å². The first-order valence-corrected chi connectivity index (χ1v) is 12.9. The Morgan fingerprint density at radius 3 is 1.32 bits per heavy atom. The third-order valence-electron chi connectivity index (χ3n) is 6.70. The van der Waals surface area contributed by atoms with E-state index in [0.717, 1.165) is 38.5 Å². The highest BCUT2D eigenvalue weighted by atomic mass is 19.1. The second kappa shape index (κ2) is 12.2. The Morgan fingerprint density at radius 2 is 1.06 bits per heavy atom. The van der Waals surface area contributed by atoms with E-state index in [0.29, 0.717) is 50.9 Å². The van der Waals surface area contributed by atoms with Gasteiger partial charge < -0.3 is 19.3 Å². The summed E-state index contributed by atoms with van der Waals surface area (Å²) in [5.41, 5.74) is -1.01. The number of rotatable bonds is 7. The maximum Gasteiger partial charge on any atom is 0.410 e. The summed E-state index contributed by atoms with van der Waals surface area (Å²) in [7, 11) is 0. The van der Waals surface area contributed by atoms with E-state index < -0.39 is 23.2 Å². The Morgan fingerprint density at radius 1 is 0.735 bits per heavy atom. The fourth-order valence-corrected chi connectivity index (χ4v) is 4.71. The highest BCUT2D eigenvalue weighted by Gasteiger charge is 2.30. The van der Waals surface area contributed by atoms with Crippen LogP contribution in [0.15, 0.2) is 0 Å². The average Bonchev–Trinajstić information content (AvgIpc) is 2.71. The molecule has 0 aliphatic carbocycles. The Bertz CT molecular complexity index is 632. The van der Waals surface area contributed by atoms with Gasteiger partial charge in [-0.3, -0.25) is 4.79 Å². The quantitative estimate of drug-likeness (QED) is 0.417. The third-order valence-corrected chi connectivity index (χ3v) is 6.70. The predicted octanol–water partition coefficient (Wildman–Crippen LogP) is 5.95. The summed E-state index contributed by atoms with van der Waals surface area (Å²) in [6.07, 6.45) is 5.60. The summed E-state index contributed by atoms with van der Waals surface area (Å²) in [6.45, 7) is 13.7. The van der Waals surface area contributed by atoms with Crippen molar-refractivity contribution in [2.45, 2.75) is 104 Å². The zero-order chi connectivity index (χ0) is 25.5. The molecule has 0 bridgehead atoms. The molecule has 0 aromatic carbocycles. The minimum absolute atomic E-state index is 0.277. The van der Waals surface area contributed by atoms with Gasteiger partial charge in [0.1, 0.15) is 11.2 Å². The number of ether oxygens (including phenoxy) is 2. The lowest BCUT2D eigenvalue weighted by molar-refractivity contribution is -0.134.